The Labute approximate surface area is 137 Å². The lowest BCUT2D eigenvalue weighted by Crippen LogP contribution is -2.36. The molecule has 4 nitrogen and oxygen atoms in total. The van der Waals surface area contributed by atoms with Crippen LogP contribution in [0.2, 0.25) is 0 Å². The fourth-order valence-corrected chi connectivity index (χ4v) is 2.23. The molecule has 0 saturated carbocycles. The van der Waals surface area contributed by atoms with Crippen molar-refractivity contribution in [2.24, 2.45) is 0 Å². The summed E-state index contributed by atoms with van der Waals surface area (Å²) in [6, 6.07) is 17.3. The molecule has 0 radical (unpaired) electrons. The maximum absolute atomic E-state index is 12.0. The average Bonchev–Trinajstić information content (AvgIpc) is 2.59. The summed E-state index contributed by atoms with van der Waals surface area (Å²) in [6.07, 6.45) is 1.26. The van der Waals surface area contributed by atoms with E-state index in [0.29, 0.717) is 12.3 Å². The van der Waals surface area contributed by atoms with Crippen molar-refractivity contribution < 1.29 is 14.3 Å². The minimum atomic E-state index is -0.505. The van der Waals surface area contributed by atoms with Gasteiger partial charge < -0.3 is 14.8 Å². The second-order valence-electron chi connectivity index (χ2n) is 5.32. The molecule has 0 bridgehead atoms. The Morgan fingerprint density at radius 2 is 1.83 bits per heavy atom. The van der Waals surface area contributed by atoms with Crippen molar-refractivity contribution in [1.82, 2.24) is 5.32 Å². The molecule has 1 atom stereocenters. The Morgan fingerprint density at radius 3 is 2.57 bits per heavy atom. The third-order valence-electron chi connectivity index (χ3n) is 3.50. The number of hydrogen-bond acceptors (Lipinski definition) is 3. The van der Waals surface area contributed by atoms with Crippen LogP contribution < -0.4 is 14.8 Å². The van der Waals surface area contributed by atoms with Crippen molar-refractivity contribution in [2.75, 3.05) is 13.7 Å². The number of aryl methyl sites for hydroxylation is 1. The number of carbonyl (C=O) groups excluding carboxylic acids is 1. The molecule has 0 aliphatic carbocycles. The van der Waals surface area contributed by atoms with Crippen LogP contribution in [0.25, 0.3) is 0 Å². The number of ether oxygens (including phenoxy) is 2. The van der Waals surface area contributed by atoms with Gasteiger partial charge in [0.2, 0.25) is 0 Å². The summed E-state index contributed by atoms with van der Waals surface area (Å²) in [4.78, 5) is 12.0. The van der Waals surface area contributed by atoms with Crippen molar-refractivity contribution in [1.29, 1.82) is 0 Å². The highest BCUT2D eigenvalue weighted by molar-refractivity contribution is 5.80. The zero-order valence-corrected chi connectivity index (χ0v) is 13.6. The first kappa shape index (κ1) is 16.9. The standard InChI is InChI=1S/C19H23NO3/c1-15(23-17-10-4-3-5-11-17)19(21)20-13-7-9-16-8-6-12-18(14-16)22-2/h3-6,8,10-12,14-15H,7,9,13H2,1-2H3,(H,20,21)/t15-/m0/s1. The molecular weight excluding hydrogens is 290 g/mol. The molecule has 0 aliphatic heterocycles. The largest absolute Gasteiger partial charge is 0.497 e. The average molecular weight is 313 g/mol. The van der Waals surface area contributed by atoms with Gasteiger partial charge in [-0.2, -0.15) is 0 Å². The smallest absolute Gasteiger partial charge is 0.260 e. The van der Waals surface area contributed by atoms with Crippen LogP contribution in [0.1, 0.15) is 18.9 Å². The number of methoxy groups -OCH3 is 1. The molecule has 0 fully saturated rings. The molecule has 2 aromatic rings. The van der Waals surface area contributed by atoms with E-state index < -0.39 is 6.10 Å². The van der Waals surface area contributed by atoms with Crippen LogP contribution in [0.3, 0.4) is 0 Å². The van der Waals surface area contributed by atoms with Crippen LogP contribution in [-0.2, 0) is 11.2 Å². The second kappa shape index (κ2) is 8.83. The Balaban J connectivity index is 1.69. The fraction of sp³-hybridized carbons (Fsp3) is 0.316. The lowest BCUT2D eigenvalue weighted by Gasteiger charge is -2.14. The number of amides is 1. The Bertz CT molecular complexity index is 613. The van der Waals surface area contributed by atoms with Crippen LogP contribution in [0, 0.1) is 0 Å². The molecule has 0 aliphatic rings. The third kappa shape index (κ3) is 5.66. The van der Waals surface area contributed by atoms with E-state index in [1.165, 1.54) is 5.56 Å². The van der Waals surface area contributed by atoms with E-state index in [0.717, 1.165) is 18.6 Å². The first-order chi connectivity index (χ1) is 11.2. The van der Waals surface area contributed by atoms with Crippen molar-refractivity contribution in [3.8, 4) is 11.5 Å². The minimum absolute atomic E-state index is 0.0977. The summed E-state index contributed by atoms with van der Waals surface area (Å²) in [5.41, 5.74) is 1.20. The predicted molar refractivity (Wildman–Crippen MR) is 90.9 cm³/mol. The van der Waals surface area contributed by atoms with E-state index in [4.69, 9.17) is 9.47 Å². The van der Waals surface area contributed by atoms with E-state index in [-0.39, 0.29) is 5.91 Å². The van der Waals surface area contributed by atoms with E-state index in [1.54, 1.807) is 14.0 Å². The van der Waals surface area contributed by atoms with Crippen LogP contribution in [0.4, 0.5) is 0 Å². The van der Waals surface area contributed by atoms with Gasteiger partial charge in [0.15, 0.2) is 6.10 Å². The highest BCUT2D eigenvalue weighted by Gasteiger charge is 2.13. The van der Waals surface area contributed by atoms with Crippen LogP contribution >= 0.6 is 0 Å². The SMILES string of the molecule is COc1cccc(CCCNC(=O)[C@H](C)Oc2ccccc2)c1. The zero-order chi connectivity index (χ0) is 16.5. The van der Waals surface area contributed by atoms with Gasteiger partial charge in [-0.05, 0) is 49.6 Å². The summed E-state index contributed by atoms with van der Waals surface area (Å²) < 4.78 is 10.8. The number of rotatable bonds is 8. The molecule has 0 aromatic heterocycles. The van der Waals surface area contributed by atoms with E-state index in [2.05, 4.69) is 11.4 Å². The van der Waals surface area contributed by atoms with Gasteiger partial charge in [0, 0.05) is 6.54 Å². The van der Waals surface area contributed by atoms with Crippen molar-refractivity contribution in [3.05, 3.63) is 60.2 Å². The van der Waals surface area contributed by atoms with Gasteiger partial charge in [0.25, 0.3) is 5.91 Å². The molecule has 122 valence electrons. The Kier molecular flexibility index (Phi) is 6.48. The molecule has 23 heavy (non-hydrogen) atoms. The lowest BCUT2D eigenvalue weighted by atomic mass is 10.1. The molecule has 2 rings (SSSR count). The molecule has 1 N–H and O–H groups in total. The van der Waals surface area contributed by atoms with E-state index in [1.807, 2.05) is 48.5 Å². The molecular formula is C19H23NO3. The monoisotopic (exact) mass is 313 g/mol. The van der Waals surface area contributed by atoms with Crippen LogP contribution in [-0.4, -0.2) is 25.7 Å². The van der Waals surface area contributed by atoms with Crippen molar-refractivity contribution in [3.63, 3.8) is 0 Å². The zero-order valence-electron chi connectivity index (χ0n) is 13.6. The third-order valence-corrected chi connectivity index (χ3v) is 3.50. The molecule has 0 heterocycles. The predicted octanol–water partition coefficient (Wildman–Crippen LogP) is 3.21. The van der Waals surface area contributed by atoms with Gasteiger partial charge in [0.1, 0.15) is 11.5 Å². The molecule has 0 unspecified atom stereocenters. The summed E-state index contributed by atoms with van der Waals surface area (Å²) in [5.74, 6) is 1.46. The number of para-hydroxylation sites is 1. The minimum Gasteiger partial charge on any atom is -0.497 e. The number of benzene rings is 2. The summed E-state index contributed by atoms with van der Waals surface area (Å²) in [5, 5.41) is 2.91. The molecule has 0 saturated heterocycles. The van der Waals surface area contributed by atoms with E-state index >= 15 is 0 Å². The Morgan fingerprint density at radius 1 is 1.09 bits per heavy atom. The highest BCUT2D eigenvalue weighted by Crippen LogP contribution is 2.14. The second-order valence-corrected chi connectivity index (χ2v) is 5.32. The van der Waals surface area contributed by atoms with Crippen molar-refractivity contribution >= 4 is 5.91 Å². The lowest BCUT2D eigenvalue weighted by molar-refractivity contribution is -0.127. The molecule has 4 heteroatoms. The molecule has 2 aromatic carbocycles. The van der Waals surface area contributed by atoms with Crippen molar-refractivity contribution in [2.45, 2.75) is 25.9 Å². The van der Waals surface area contributed by atoms with Gasteiger partial charge in [-0.25, -0.2) is 0 Å². The number of hydrogen-bond donors (Lipinski definition) is 1. The quantitative estimate of drug-likeness (QED) is 0.761. The van der Waals surface area contributed by atoms with Crippen LogP contribution in [0.5, 0.6) is 11.5 Å². The van der Waals surface area contributed by atoms with Gasteiger partial charge in [-0.3, -0.25) is 4.79 Å². The maximum Gasteiger partial charge on any atom is 0.260 e. The molecule has 0 spiro atoms. The van der Waals surface area contributed by atoms with Gasteiger partial charge in [0.05, 0.1) is 7.11 Å². The number of carbonyl (C=O) groups is 1. The highest BCUT2D eigenvalue weighted by atomic mass is 16.5. The number of nitrogens with one attached hydrogen (secondary N) is 1. The topological polar surface area (TPSA) is 47.6 Å². The summed E-state index contributed by atoms with van der Waals surface area (Å²) in [7, 11) is 1.66. The summed E-state index contributed by atoms with van der Waals surface area (Å²) >= 11 is 0. The van der Waals surface area contributed by atoms with Gasteiger partial charge in [-0.15, -0.1) is 0 Å². The van der Waals surface area contributed by atoms with Gasteiger partial charge in [-0.1, -0.05) is 30.3 Å². The normalized spacial score (nSPS) is 11.6. The molecule has 1 amide bonds. The Hall–Kier alpha value is -2.49. The maximum atomic E-state index is 12.0. The first-order valence-electron chi connectivity index (χ1n) is 7.81. The van der Waals surface area contributed by atoms with Crippen LogP contribution in [0.15, 0.2) is 54.6 Å². The van der Waals surface area contributed by atoms with Gasteiger partial charge >= 0.3 is 0 Å². The summed E-state index contributed by atoms with van der Waals surface area (Å²) in [6.45, 7) is 2.38. The fourth-order valence-electron chi connectivity index (χ4n) is 2.23. The first-order valence-corrected chi connectivity index (χ1v) is 7.81. The van der Waals surface area contributed by atoms with E-state index in [9.17, 15) is 4.79 Å².